The molecule has 0 radical (unpaired) electrons. The SMILES string of the molecule is COC(CNc1ccc(N)cn1)OC. The smallest absolute Gasteiger partial charge is 0.173 e. The molecule has 14 heavy (non-hydrogen) atoms. The first-order valence-electron chi connectivity index (χ1n) is 4.27. The lowest BCUT2D eigenvalue weighted by Gasteiger charge is -2.14. The van der Waals surface area contributed by atoms with Crippen molar-refractivity contribution in [2.45, 2.75) is 6.29 Å². The van der Waals surface area contributed by atoms with Gasteiger partial charge in [0.2, 0.25) is 0 Å². The molecule has 5 nitrogen and oxygen atoms in total. The number of hydrogen-bond donors (Lipinski definition) is 2. The van der Waals surface area contributed by atoms with Crippen LogP contribution in [0.15, 0.2) is 18.3 Å². The van der Waals surface area contributed by atoms with E-state index in [-0.39, 0.29) is 6.29 Å². The summed E-state index contributed by atoms with van der Waals surface area (Å²) in [6, 6.07) is 3.58. The quantitative estimate of drug-likeness (QED) is 0.680. The maximum Gasteiger partial charge on any atom is 0.173 e. The van der Waals surface area contributed by atoms with E-state index < -0.39 is 0 Å². The van der Waals surface area contributed by atoms with Crippen LogP contribution in [0.5, 0.6) is 0 Å². The number of nitrogens with one attached hydrogen (secondary N) is 1. The molecular weight excluding hydrogens is 182 g/mol. The van der Waals surface area contributed by atoms with Crippen molar-refractivity contribution in [1.29, 1.82) is 0 Å². The summed E-state index contributed by atoms with van der Waals surface area (Å²) in [4.78, 5) is 4.07. The molecule has 3 N–H and O–H groups in total. The molecule has 0 aliphatic carbocycles. The molecule has 1 aromatic rings. The monoisotopic (exact) mass is 197 g/mol. The van der Waals surface area contributed by atoms with Gasteiger partial charge in [0.1, 0.15) is 5.82 Å². The predicted octanol–water partition coefficient (Wildman–Crippen LogP) is 0.695. The van der Waals surface area contributed by atoms with Gasteiger partial charge in [-0.2, -0.15) is 0 Å². The maximum absolute atomic E-state index is 5.50. The lowest BCUT2D eigenvalue weighted by Crippen LogP contribution is -2.23. The zero-order chi connectivity index (χ0) is 10.4. The Morgan fingerprint density at radius 3 is 2.64 bits per heavy atom. The van der Waals surface area contributed by atoms with Gasteiger partial charge in [-0.25, -0.2) is 4.98 Å². The molecule has 0 aromatic carbocycles. The first-order valence-corrected chi connectivity index (χ1v) is 4.27. The van der Waals surface area contributed by atoms with Crippen LogP contribution in [0.25, 0.3) is 0 Å². The molecule has 0 aliphatic rings. The van der Waals surface area contributed by atoms with E-state index in [9.17, 15) is 0 Å². The van der Waals surface area contributed by atoms with Gasteiger partial charge in [0, 0.05) is 14.2 Å². The third kappa shape index (κ3) is 3.20. The number of anilines is 2. The minimum absolute atomic E-state index is 0.269. The van der Waals surface area contributed by atoms with Crippen molar-refractivity contribution in [2.75, 3.05) is 31.8 Å². The van der Waals surface area contributed by atoms with Crippen molar-refractivity contribution in [3.05, 3.63) is 18.3 Å². The van der Waals surface area contributed by atoms with Crippen LogP contribution < -0.4 is 11.1 Å². The van der Waals surface area contributed by atoms with Crippen LogP contribution in [-0.2, 0) is 9.47 Å². The third-order valence-electron chi connectivity index (χ3n) is 1.76. The second kappa shape index (κ2) is 5.41. The van der Waals surface area contributed by atoms with E-state index in [0.29, 0.717) is 12.2 Å². The largest absolute Gasteiger partial charge is 0.397 e. The Bertz CT molecular complexity index is 259. The fourth-order valence-electron chi connectivity index (χ4n) is 0.961. The number of nitrogens with two attached hydrogens (primary N) is 1. The van der Waals surface area contributed by atoms with Gasteiger partial charge in [0.05, 0.1) is 18.4 Å². The highest BCUT2D eigenvalue weighted by molar-refractivity contribution is 5.43. The van der Waals surface area contributed by atoms with Crippen LogP contribution in [0.4, 0.5) is 11.5 Å². The summed E-state index contributed by atoms with van der Waals surface area (Å²) >= 11 is 0. The highest BCUT2D eigenvalue weighted by Gasteiger charge is 2.03. The van der Waals surface area contributed by atoms with Gasteiger partial charge < -0.3 is 20.5 Å². The summed E-state index contributed by atoms with van der Waals surface area (Å²) in [5.74, 6) is 0.748. The predicted molar refractivity (Wildman–Crippen MR) is 54.9 cm³/mol. The van der Waals surface area contributed by atoms with Gasteiger partial charge in [0.25, 0.3) is 0 Å². The average molecular weight is 197 g/mol. The van der Waals surface area contributed by atoms with Crippen molar-refractivity contribution in [3.63, 3.8) is 0 Å². The molecule has 0 saturated heterocycles. The van der Waals surface area contributed by atoms with Crippen molar-refractivity contribution in [2.24, 2.45) is 0 Å². The van der Waals surface area contributed by atoms with Crippen molar-refractivity contribution < 1.29 is 9.47 Å². The average Bonchev–Trinajstić information content (AvgIpc) is 2.22. The Kier molecular flexibility index (Phi) is 4.15. The zero-order valence-electron chi connectivity index (χ0n) is 8.36. The van der Waals surface area contributed by atoms with Crippen LogP contribution in [0.1, 0.15) is 0 Å². The number of nitrogens with zero attached hydrogens (tertiary/aromatic N) is 1. The first-order chi connectivity index (χ1) is 6.76. The topological polar surface area (TPSA) is 69.4 Å². The number of rotatable bonds is 5. The zero-order valence-corrected chi connectivity index (χ0v) is 8.36. The Morgan fingerprint density at radius 1 is 1.43 bits per heavy atom. The van der Waals surface area contributed by atoms with E-state index in [0.717, 1.165) is 5.82 Å². The van der Waals surface area contributed by atoms with E-state index in [2.05, 4.69) is 10.3 Å². The minimum Gasteiger partial charge on any atom is -0.397 e. The fraction of sp³-hybridized carbons (Fsp3) is 0.444. The van der Waals surface area contributed by atoms with E-state index in [4.69, 9.17) is 15.2 Å². The van der Waals surface area contributed by atoms with Crippen LogP contribution in [0.3, 0.4) is 0 Å². The molecule has 0 unspecified atom stereocenters. The summed E-state index contributed by atoms with van der Waals surface area (Å²) in [7, 11) is 3.18. The van der Waals surface area contributed by atoms with E-state index in [1.165, 1.54) is 0 Å². The molecule has 0 amide bonds. The fourth-order valence-corrected chi connectivity index (χ4v) is 0.961. The number of methoxy groups -OCH3 is 2. The highest BCUT2D eigenvalue weighted by atomic mass is 16.7. The van der Waals surface area contributed by atoms with Gasteiger partial charge in [-0.3, -0.25) is 0 Å². The van der Waals surface area contributed by atoms with Gasteiger partial charge in [-0.05, 0) is 12.1 Å². The standard InChI is InChI=1S/C9H15N3O2/c1-13-9(14-2)6-12-8-4-3-7(10)5-11-8/h3-5,9H,6,10H2,1-2H3,(H,11,12). The Hall–Kier alpha value is -1.33. The van der Waals surface area contributed by atoms with Crippen molar-refractivity contribution in [1.82, 2.24) is 4.98 Å². The van der Waals surface area contributed by atoms with E-state index in [1.54, 1.807) is 32.5 Å². The summed E-state index contributed by atoms with van der Waals surface area (Å²) < 4.78 is 10.0. The number of hydrogen-bond acceptors (Lipinski definition) is 5. The Labute approximate surface area is 83.2 Å². The lowest BCUT2D eigenvalue weighted by molar-refractivity contribution is -0.0914. The molecule has 1 aromatic heterocycles. The summed E-state index contributed by atoms with van der Waals surface area (Å²) in [6.07, 6.45) is 1.33. The maximum atomic E-state index is 5.50. The molecular formula is C9H15N3O2. The lowest BCUT2D eigenvalue weighted by atomic mass is 10.4. The molecule has 78 valence electrons. The normalized spacial score (nSPS) is 10.5. The highest BCUT2D eigenvalue weighted by Crippen LogP contribution is 2.05. The molecule has 5 heteroatoms. The molecule has 0 saturated carbocycles. The number of ether oxygens (including phenoxy) is 2. The first kappa shape index (κ1) is 10.7. The minimum atomic E-state index is -0.269. The number of nitrogen functional groups attached to an aromatic ring is 1. The van der Waals surface area contributed by atoms with Gasteiger partial charge in [-0.1, -0.05) is 0 Å². The molecule has 0 fully saturated rings. The summed E-state index contributed by atoms with van der Waals surface area (Å²) in [5.41, 5.74) is 6.14. The third-order valence-corrected chi connectivity index (χ3v) is 1.76. The van der Waals surface area contributed by atoms with Crippen LogP contribution in [0, 0.1) is 0 Å². The molecule has 0 bridgehead atoms. The Morgan fingerprint density at radius 2 is 2.14 bits per heavy atom. The van der Waals surface area contributed by atoms with Crippen molar-refractivity contribution >= 4 is 11.5 Å². The summed E-state index contributed by atoms with van der Waals surface area (Å²) in [5, 5.41) is 3.06. The molecule has 0 aliphatic heterocycles. The van der Waals surface area contributed by atoms with Crippen LogP contribution in [0.2, 0.25) is 0 Å². The van der Waals surface area contributed by atoms with Crippen LogP contribution >= 0.6 is 0 Å². The van der Waals surface area contributed by atoms with Gasteiger partial charge in [-0.15, -0.1) is 0 Å². The second-order valence-electron chi connectivity index (χ2n) is 2.76. The van der Waals surface area contributed by atoms with Gasteiger partial charge in [0.15, 0.2) is 6.29 Å². The van der Waals surface area contributed by atoms with E-state index >= 15 is 0 Å². The molecule has 1 rings (SSSR count). The molecule has 0 spiro atoms. The molecule has 0 atom stereocenters. The number of aromatic nitrogens is 1. The summed E-state index contributed by atoms with van der Waals surface area (Å²) in [6.45, 7) is 0.546. The molecule has 1 heterocycles. The van der Waals surface area contributed by atoms with Crippen LogP contribution in [-0.4, -0.2) is 32.0 Å². The second-order valence-corrected chi connectivity index (χ2v) is 2.76. The van der Waals surface area contributed by atoms with E-state index in [1.807, 2.05) is 0 Å². The Balaban J connectivity index is 2.41. The van der Waals surface area contributed by atoms with Crippen molar-refractivity contribution in [3.8, 4) is 0 Å². The van der Waals surface area contributed by atoms with Gasteiger partial charge >= 0.3 is 0 Å². The number of pyridine rings is 1.